The van der Waals surface area contributed by atoms with Crippen molar-refractivity contribution in [1.29, 1.82) is 0 Å². The topological polar surface area (TPSA) is 46.0 Å². The minimum atomic E-state index is -0.743. The maximum Gasteiger partial charge on any atom is 0.124 e. The molecular formula is C10H8BrFN2OS. The lowest BCUT2D eigenvalue weighted by atomic mass is 10.1. The van der Waals surface area contributed by atoms with Crippen LogP contribution in [0.2, 0.25) is 0 Å². The highest BCUT2D eigenvalue weighted by molar-refractivity contribution is 9.10. The Kier molecular flexibility index (Phi) is 3.63. The van der Waals surface area contributed by atoms with Crippen LogP contribution in [0, 0.1) is 5.82 Å². The van der Waals surface area contributed by atoms with Crippen molar-refractivity contribution in [2.75, 3.05) is 0 Å². The quantitative estimate of drug-likeness (QED) is 0.948. The van der Waals surface area contributed by atoms with E-state index in [1.54, 1.807) is 11.4 Å². The van der Waals surface area contributed by atoms with Gasteiger partial charge in [-0.1, -0.05) is 20.4 Å². The predicted octanol–water partition coefficient (Wildman–Crippen LogP) is 2.72. The summed E-state index contributed by atoms with van der Waals surface area (Å²) >= 11 is 4.38. The molecule has 0 fully saturated rings. The molecule has 0 aliphatic carbocycles. The normalized spacial score (nSPS) is 12.7. The molecule has 3 nitrogen and oxygen atoms in total. The zero-order valence-corrected chi connectivity index (χ0v) is 10.5. The van der Waals surface area contributed by atoms with Crippen molar-refractivity contribution in [2.45, 2.75) is 12.5 Å². The molecule has 1 N–H and O–H groups in total. The van der Waals surface area contributed by atoms with E-state index in [1.165, 1.54) is 23.7 Å². The van der Waals surface area contributed by atoms with Gasteiger partial charge in [0.2, 0.25) is 0 Å². The summed E-state index contributed by atoms with van der Waals surface area (Å²) in [7, 11) is 0. The van der Waals surface area contributed by atoms with Gasteiger partial charge in [0.25, 0.3) is 0 Å². The summed E-state index contributed by atoms with van der Waals surface area (Å²) in [6.07, 6.45) is -0.422. The van der Waals surface area contributed by atoms with Gasteiger partial charge in [0, 0.05) is 16.3 Å². The highest BCUT2D eigenvalue weighted by Gasteiger charge is 2.12. The molecule has 0 aliphatic rings. The fraction of sp³-hybridized carbons (Fsp3) is 0.200. The number of hydrogen-bond acceptors (Lipinski definition) is 4. The van der Waals surface area contributed by atoms with Crippen LogP contribution in [0.25, 0.3) is 0 Å². The molecule has 84 valence electrons. The molecule has 6 heteroatoms. The molecule has 1 unspecified atom stereocenters. The van der Waals surface area contributed by atoms with E-state index < -0.39 is 6.10 Å². The second-order valence-corrected chi connectivity index (χ2v) is 4.85. The molecule has 1 heterocycles. The summed E-state index contributed by atoms with van der Waals surface area (Å²) in [5.74, 6) is -0.326. The molecule has 2 rings (SSSR count). The monoisotopic (exact) mass is 302 g/mol. The SMILES string of the molecule is OC(Cc1cc(F)cc(Br)c1)c1csnn1. The highest BCUT2D eigenvalue weighted by Crippen LogP contribution is 2.21. The van der Waals surface area contributed by atoms with Crippen molar-refractivity contribution >= 4 is 27.5 Å². The maximum absolute atomic E-state index is 13.1. The van der Waals surface area contributed by atoms with Gasteiger partial charge < -0.3 is 5.11 Å². The van der Waals surface area contributed by atoms with Gasteiger partial charge in [-0.05, 0) is 35.3 Å². The van der Waals surface area contributed by atoms with Crippen LogP contribution in [-0.4, -0.2) is 14.7 Å². The van der Waals surface area contributed by atoms with E-state index in [9.17, 15) is 9.50 Å². The maximum atomic E-state index is 13.1. The first-order chi connectivity index (χ1) is 7.65. The van der Waals surface area contributed by atoms with Gasteiger partial charge in [-0.3, -0.25) is 0 Å². The van der Waals surface area contributed by atoms with Gasteiger partial charge in [0.05, 0.1) is 0 Å². The summed E-state index contributed by atoms with van der Waals surface area (Å²) in [6.45, 7) is 0. The molecule has 16 heavy (non-hydrogen) atoms. The Morgan fingerprint density at radius 2 is 2.25 bits per heavy atom. The zero-order valence-electron chi connectivity index (χ0n) is 8.10. The van der Waals surface area contributed by atoms with Gasteiger partial charge in [-0.25, -0.2) is 4.39 Å². The molecule has 0 saturated heterocycles. The fourth-order valence-electron chi connectivity index (χ4n) is 1.37. The van der Waals surface area contributed by atoms with Crippen LogP contribution in [0.15, 0.2) is 28.1 Å². The lowest BCUT2D eigenvalue weighted by molar-refractivity contribution is 0.173. The molecule has 0 bridgehead atoms. The van der Waals surface area contributed by atoms with Crippen LogP contribution in [-0.2, 0) is 6.42 Å². The number of nitrogens with zero attached hydrogens (tertiary/aromatic N) is 2. The van der Waals surface area contributed by atoms with E-state index in [2.05, 4.69) is 25.5 Å². The number of benzene rings is 1. The van der Waals surface area contributed by atoms with E-state index in [0.717, 1.165) is 0 Å². The van der Waals surface area contributed by atoms with E-state index in [0.29, 0.717) is 22.2 Å². The number of aromatic nitrogens is 2. The molecule has 0 amide bonds. The standard InChI is InChI=1S/C10H8BrFN2OS/c11-7-1-6(2-8(12)4-7)3-10(15)9-5-16-14-13-9/h1-2,4-5,10,15H,3H2. The highest BCUT2D eigenvalue weighted by atomic mass is 79.9. The molecule has 0 radical (unpaired) electrons. The molecule has 1 aromatic carbocycles. The largest absolute Gasteiger partial charge is 0.386 e. The summed E-state index contributed by atoms with van der Waals surface area (Å²) < 4.78 is 17.4. The second kappa shape index (κ2) is 4.99. The summed E-state index contributed by atoms with van der Waals surface area (Å²) in [5, 5.41) is 15.3. The van der Waals surface area contributed by atoms with E-state index in [-0.39, 0.29) is 5.82 Å². The molecule has 0 spiro atoms. The van der Waals surface area contributed by atoms with Crippen LogP contribution in [0.5, 0.6) is 0 Å². The molecule has 0 saturated carbocycles. The third kappa shape index (κ3) is 2.84. The van der Waals surface area contributed by atoms with Crippen LogP contribution < -0.4 is 0 Å². The van der Waals surface area contributed by atoms with Crippen molar-refractivity contribution in [1.82, 2.24) is 9.59 Å². The van der Waals surface area contributed by atoms with Gasteiger partial charge in [-0.2, -0.15) is 0 Å². The molecule has 1 atom stereocenters. The third-order valence-electron chi connectivity index (χ3n) is 2.07. The molecule has 1 aromatic heterocycles. The van der Waals surface area contributed by atoms with Crippen LogP contribution >= 0.6 is 27.5 Å². The zero-order chi connectivity index (χ0) is 11.5. The predicted molar refractivity (Wildman–Crippen MR) is 62.7 cm³/mol. The summed E-state index contributed by atoms with van der Waals surface area (Å²) in [6, 6.07) is 4.54. The fourth-order valence-corrected chi connectivity index (χ4v) is 2.39. The third-order valence-corrected chi connectivity index (χ3v) is 3.05. The van der Waals surface area contributed by atoms with Gasteiger partial charge in [-0.15, -0.1) is 5.10 Å². The number of hydrogen-bond donors (Lipinski definition) is 1. The van der Waals surface area contributed by atoms with Gasteiger partial charge in [0.15, 0.2) is 0 Å². The molecular weight excluding hydrogens is 295 g/mol. The van der Waals surface area contributed by atoms with Gasteiger partial charge >= 0.3 is 0 Å². The second-order valence-electron chi connectivity index (χ2n) is 3.33. The minimum absolute atomic E-state index is 0.321. The van der Waals surface area contributed by atoms with E-state index >= 15 is 0 Å². The first-order valence-corrected chi connectivity index (χ1v) is 6.18. The average Bonchev–Trinajstić information content (AvgIpc) is 2.68. The van der Waals surface area contributed by atoms with E-state index in [1.807, 2.05) is 0 Å². The average molecular weight is 303 g/mol. The number of aliphatic hydroxyl groups is 1. The Labute approximate surface area is 104 Å². The van der Waals surface area contributed by atoms with Crippen molar-refractivity contribution in [3.05, 3.63) is 45.1 Å². The first-order valence-electron chi connectivity index (χ1n) is 4.55. The van der Waals surface area contributed by atoms with Crippen molar-refractivity contribution < 1.29 is 9.50 Å². The van der Waals surface area contributed by atoms with Gasteiger partial charge in [0.1, 0.15) is 17.6 Å². The van der Waals surface area contributed by atoms with Crippen molar-refractivity contribution in [2.24, 2.45) is 0 Å². The Morgan fingerprint density at radius 1 is 1.44 bits per heavy atom. The number of aliphatic hydroxyl groups excluding tert-OH is 1. The summed E-state index contributed by atoms with van der Waals surface area (Å²) in [4.78, 5) is 0. The van der Waals surface area contributed by atoms with E-state index in [4.69, 9.17) is 0 Å². The first kappa shape index (κ1) is 11.6. The Balaban J connectivity index is 2.15. The van der Waals surface area contributed by atoms with Crippen LogP contribution in [0.1, 0.15) is 17.4 Å². The summed E-state index contributed by atoms with van der Waals surface area (Å²) in [5.41, 5.74) is 1.23. The lowest BCUT2D eigenvalue weighted by Gasteiger charge is -2.07. The Bertz CT molecular complexity index is 457. The van der Waals surface area contributed by atoms with Crippen molar-refractivity contribution in [3.63, 3.8) is 0 Å². The minimum Gasteiger partial charge on any atom is -0.386 e. The molecule has 0 aliphatic heterocycles. The van der Waals surface area contributed by atoms with Crippen LogP contribution in [0.3, 0.4) is 0 Å². The molecule has 2 aromatic rings. The van der Waals surface area contributed by atoms with Crippen LogP contribution in [0.4, 0.5) is 4.39 Å². The number of rotatable bonds is 3. The Morgan fingerprint density at radius 3 is 2.88 bits per heavy atom. The lowest BCUT2D eigenvalue weighted by Crippen LogP contribution is -2.02. The Hall–Kier alpha value is -0.850. The smallest absolute Gasteiger partial charge is 0.124 e. The number of halogens is 2. The van der Waals surface area contributed by atoms with Crippen molar-refractivity contribution in [3.8, 4) is 0 Å².